The van der Waals surface area contributed by atoms with Crippen LogP contribution >= 0.6 is 0 Å². The summed E-state index contributed by atoms with van der Waals surface area (Å²) in [6, 6.07) is 0. The molecule has 0 saturated carbocycles. The van der Waals surface area contributed by atoms with Crippen LogP contribution in [0.1, 0.15) is 26.2 Å². The Morgan fingerprint density at radius 1 is 1.58 bits per heavy atom. The number of quaternary nitrogens is 1. The average Bonchev–Trinajstić information content (AvgIpc) is 2.38. The number of fused-ring (bicyclic) bond motifs is 1. The molecule has 0 spiro atoms. The van der Waals surface area contributed by atoms with Crippen LogP contribution in [-0.4, -0.2) is 36.6 Å². The second-order valence-electron chi connectivity index (χ2n) is 4.38. The lowest BCUT2D eigenvalue weighted by Crippen LogP contribution is -2.53. The zero-order valence-electron chi connectivity index (χ0n) is 7.85. The van der Waals surface area contributed by atoms with Gasteiger partial charge in [-0.3, -0.25) is 0 Å². The van der Waals surface area contributed by atoms with Crippen molar-refractivity contribution < 1.29 is 13.9 Å². The monoisotopic (exact) mass is 174 g/mol. The maximum atomic E-state index is 13.2. The summed E-state index contributed by atoms with van der Waals surface area (Å²) in [4.78, 5) is 5.49. The Balaban J connectivity index is 2.28. The second-order valence-corrected chi connectivity index (χ2v) is 4.38. The Bertz CT molecular complexity index is 199. The van der Waals surface area contributed by atoms with E-state index in [-0.39, 0.29) is 5.54 Å². The Morgan fingerprint density at radius 2 is 2.33 bits per heavy atom. The van der Waals surface area contributed by atoms with E-state index in [1.165, 1.54) is 6.42 Å². The van der Waals surface area contributed by atoms with Crippen LogP contribution < -0.4 is 0 Å². The Kier molecular flexibility index (Phi) is 1.70. The van der Waals surface area contributed by atoms with Gasteiger partial charge in [0.15, 0.2) is 6.17 Å². The molecule has 70 valence electrons. The van der Waals surface area contributed by atoms with E-state index in [1.807, 2.05) is 0 Å². The fourth-order valence-corrected chi connectivity index (χ4v) is 3.02. The Morgan fingerprint density at radius 3 is 2.92 bits per heavy atom. The molecule has 0 aromatic rings. The number of halogens is 1. The molecular formula is C9H17FNO+. The lowest BCUT2D eigenvalue weighted by molar-refractivity contribution is -1.12. The van der Waals surface area contributed by atoms with Crippen molar-refractivity contribution in [2.45, 2.75) is 37.9 Å². The maximum Gasteiger partial charge on any atom is 0.158 e. The summed E-state index contributed by atoms with van der Waals surface area (Å²) in [5.41, 5.74) is 0.0637. The third-order valence-electron chi connectivity index (χ3n) is 3.72. The van der Waals surface area contributed by atoms with Gasteiger partial charge in [0.05, 0.1) is 7.11 Å². The summed E-state index contributed by atoms with van der Waals surface area (Å²) in [5, 5.41) is 0. The number of hydroxylamine groups is 3. The minimum absolute atomic E-state index is 0.0637. The van der Waals surface area contributed by atoms with Gasteiger partial charge in [0.2, 0.25) is 0 Å². The summed E-state index contributed by atoms with van der Waals surface area (Å²) in [6.07, 6.45) is 2.31. The molecule has 0 aromatic carbocycles. The second kappa shape index (κ2) is 2.42. The van der Waals surface area contributed by atoms with Gasteiger partial charge in [-0.25, -0.2) is 9.23 Å². The summed E-state index contributed by atoms with van der Waals surface area (Å²) in [7, 11) is 1.71. The van der Waals surface area contributed by atoms with E-state index in [0.717, 1.165) is 13.0 Å². The van der Waals surface area contributed by atoms with E-state index >= 15 is 0 Å². The standard InChI is InChI=1S/C9H17FNO/c1-9-4-3-5-11(9,12-2)7-8(10)6-9/h8H,3-7H2,1-2H3/q+1. The van der Waals surface area contributed by atoms with Gasteiger partial charge in [0.1, 0.15) is 18.6 Å². The summed E-state index contributed by atoms with van der Waals surface area (Å²) in [5.74, 6) is 0. The zero-order chi connectivity index (χ0) is 8.82. The first-order chi connectivity index (χ1) is 5.62. The first-order valence-electron chi connectivity index (χ1n) is 4.69. The topological polar surface area (TPSA) is 9.23 Å². The number of rotatable bonds is 1. The number of hydrogen-bond donors (Lipinski definition) is 0. The molecule has 0 radical (unpaired) electrons. The SMILES string of the molecule is CO[N+]12CCCC1(C)CC(F)C2. The van der Waals surface area contributed by atoms with Gasteiger partial charge in [-0.1, -0.05) is 0 Å². The molecule has 3 atom stereocenters. The summed E-state index contributed by atoms with van der Waals surface area (Å²) >= 11 is 0. The maximum absolute atomic E-state index is 13.2. The highest BCUT2D eigenvalue weighted by atomic mass is 19.1. The lowest BCUT2D eigenvalue weighted by atomic mass is 9.96. The predicted molar refractivity (Wildman–Crippen MR) is 44.2 cm³/mol. The molecule has 12 heavy (non-hydrogen) atoms. The van der Waals surface area contributed by atoms with Crippen molar-refractivity contribution in [3.05, 3.63) is 0 Å². The molecule has 0 aromatic heterocycles. The van der Waals surface area contributed by atoms with Crippen molar-refractivity contribution >= 4 is 0 Å². The van der Waals surface area contributed by atoms with Crippen LogP contribution in [0.3, 0.4) is 0 Å². The van der Waals surface area contributed by atoms with E-state index in [4.69, 9.17) is 4.84 Å². The van der Waals surface area contributed by atoms with Crippen LogP contribution in [0.4, 0.5) is 4.39 Å². The highest BCUT2D eigenvalue weighted by Gasteiger charge is 2.60. The van der Waals surface area contributed by atoms with Crippen molar-refractivity contribution in [3.63, 3.8) is 0 Å². The van der Waals surface area contributed by atoms with Gasteiger partial charge in [-0.2, -0.15) is 4.65 Å². The molecule has 0 aliphatic carbocycles. The molecule has 0 amide bonds. The number of alkyl halides is 1. The van der Waals surface area contributed by atoms with Crippen molar-refractivity contribution in [2.24, 2.45) is 0 Å². The van der Waals surface area contributed by atoms with Crippen LogP contribution in [0, 0.1) is 0 Å². The quantitative estimate of drug-likeness (QED) is 0.549. The highest BCUT2D eigenvalue weighted by Crippen LogP contribution is 2.46. The number of hydrogen-bond acceptors (Lipinski definition) is 1. The third kappa shape index (κ3) is 0.866. The smallest absolute Gasteiger partial charge is 0.158 e. The van der Waals surface area contributed by atoms with Crippen molar-refractivity contribution in [1.29, 1.82) is 0 Å². The first-order valence-corrected chi connectivity index (χ1v) is 4.69. The van der Waals surface area contributed by atoms with Crippen molar-refractivity contribution in [2.75, 3.05) is 20.2 Å². The van der Waals surface area contributed by atoms with E-state index < -0.39 is 6.17 Å². The highest BCUT2D eigenvalue weighted by molar-refractivity contribution is 4.89. The molecule has 2 saturated heterocycles. The van der Waals surface area contributed by atoms with E-state index in [2.05, 4.69) is 6.92 Å². The van der Waals surface area contributed by atoms with Crippen LogP contribution in [0.25, 0.3) is 0 Å². The fourth-order valence-electron chi connectivity index (χ4n) is 3.02. The first kappa shape index (κ1) is 8.45. The van der Waals surface area contributed by atoms with Crippen molar-refractivity contribution in [3.8, 4) is 0 Å². The molecule has 2 aliphatic heterocycles. The largest absolute Gasteiger partial charge is 0.241 e. The van der Waals surface area contributed by atoms with E-state index in [9.17, 15) is 4.39 Å². The lowest BCUT2D eigenvalue weighted by Gasteiger charge is -2.36. The molecule has 2 rings (SSSR count). The molecular weight excluding hydrogens is 157 g/mol. The minimum Gasteiger partial charge on any atom is -0.241 e. The summed E-state index contributed by atoms with van der Waals surface area (Å²) < 4.78 is 13.8. The fraction of sp³-hybridized carbons (Fsp3) is 1.00. The Hall–Kier alpha value is -0.150. The van der Waals surface area contributed by atoms with Gasteiger partial charge in [0.25, 0.3) is 0 Å². The minimum atomic E-state index is -0.657. The van der Waals surface area contributed by atoms with Crippen LogP contribution in [0.5, 0.6) is 0 Å². The van der Waals surface area contributed by atoms with E-state index in [0.29, 0.717) is 17.6 Å². The molecule has 3 heteroatoms. The van der Waals surface area contributed by atoms with Crippen LogP contribution in [0.15, 0.2) is 0 Å². The Labute approximate surface area is 72.9 Å². The van der Waals surface area contributed by atoms with E-state index in [1.54, 1.807) is 7.11 Å². The van der Waals surface area contributed by atoms with Gasteiger partial charge in [0, 0.05) is 19.3 Å². The molecule has 0 bridgehead atoms. The molecule has 3 unspecified atom stereocenters. The van der Waals surface area contributed by atoms with Gasteiger partial charge < -0.3 is 0 Å². The van der Waals surface area contributed by atoms with Crippen molar-refractivity contribution in [1.82, 2.24) is 0 Å². The molecule has 2 fully saturated rings. The van der Waals surface area contributed by atoms with Gasteiger partial charge in [-0.05, 0) is 6.92 Å². The summed E-state index contributed by atoms with van der Waals surface area (Å²) in [6.45, 7) is 3.71. The molecule has 2 nitrogen and oxygen atoms in total. The van der Waals surface area contributed by atoms with Crippen LogP contribution in [-0.2, 0) is 4.84 Å². The normalized spacial score (nSPS) is 52.8. The molecule has 2 heterocycles. The van der Waals surface area contributed by atoms with Gasteiger partial charge >= 0.3 is 0 Å². The molecule has 2 aliphatic rings. The average molecular weight is 174 g/mol. The van der Waals surface area contributed by atoms with Gasteiger partial charge in [-0.15, -0.1) is 0 Å². The zero-order valence-corrected chi connectivity index (χ0v) is 7.85. The van der Waals surface area contributed by atoms with Crippen LogP contribution in [0.2, 0.25) is 0 Å². The predicted octanol–water partition coefficient (Wildman–Crippen LogP) is 1.66. The molecule has 0 N–H and O–H groups in total. The third-order valence-corrected chi connectivity index (χ3v) is 3.72. The number of nitrogens with zero attached hydrogens (tertiary/aromatic N) is 1.